The summed E-state index contributed by atoms with van der Waals surface area (Å²) in [5, 5.41) is 9.17. The van der Waals surface area contributed by atoms with Gasteiger partial charge < -0.3 is 14.2 Å². The fraction of sp³-hybridized carbons (Fsp3) is 0.261. The number of thiophene rings is 1. The molecule has 2 unspecified atom stereocenters. The summed E-state index contributed by atoms with van der Waals surface area (Å²) in [6.07, 6.45) is 0.496. The number of hydrogen-bond donors (Lipinski definition) is 0. The molecule has 0 fully saturated rings. The molecule has 2 aliphatic heterocycles. The van der Waals surface area contributed by atoms with Gasteiger partial charge in [-0.1, -0.05) is 24.3 Å². The highest BCUT2D eigenvalue weighted by Crippen LogP contribution is 2.49. The lowest BCUT2D eigenvalue weighted by atomic mass is 9.97. The number of fused-ring (bicyclic) bond motifs is 3. The first-order chi connectivity index (χ1) is 14.7. The van der Waals surface area contributed by atoms with E-state index < -0.39 is 0 Å². The molecule has 3 heterocycles. The van der Waals surface area contributed by atoms with Gasteiger partial charge in [0.15, 0.2) is 11.5 Å². The lowest BCUT2D eigenvalue weighted by Crippen LogP contribution is -2.33. The van der Waals surface area contributed by atoms with Crippen LogP contribution in [-0.2, 0) is 0 Å². The van der Waals surface area contributed by atoms with Crippen molar-refractivity contribution in [3.8, 4) is 17.2 Å². The third-order valence-electron chi connectivity index (χ3n) is 5.33. The lowest BCUT2D eigenvalue weighted by Gasteiger charge is -2.38. The van der Waals surface area contributed by atoms with Crippen LogP contribution in [0.25, 0.3) is 0 Å². The first-order valence-corrected chi connectivity index (χ1v) is 11.5. The highest BCUT2D eigenvalue weighted by molar-refractivity contribution is 9.10. The van der Waals surface area contributed by atoms with Crippen LogP contribution in [0.5, 0.6) is 17.2 Å². The van der Waals surface area contributed by atoms with Crippen molar-refractivity contribution in [3.05, 3.63) is 74.4 Å². The van der Waals surface area contributed by atoms with Crippen LogP contribution < -0.4 is 14.2 Å². The van der Waals surface area contributed by atoms with Crippen LogP contribution in [0.3, 0.4) is 0 Å². The number of hydrazone groups is 1. The number of nitrogens with zero attached hydrogens (tertiary/aromatic N) is 2. The minimum atomic E-state index is -0.358. The van der Waals surface area contributed by atoms with Gasteiger partial charge in [-0.15, -0.1) is 11.3 Å². The summed E-state index contributed by atoms with van der Waals surface area (Å²) in [6, 6.07) is 16.6. The maximum Gasteiger partial charge on any atom is 0.214 e. The minimum Gasteiger partial charge on any atom is -0.493 e. The number of rotatable bonds is 5. The SMILES string of the molecule is CCOc1c(Br)cc(C2Oc3ccccc3C3CC(c4cccs4)=NN32)cc1OC. The highest BCUT2D eigenvalue weighted by Gasteiger charge is 2.41. The summed E-state index contributed by atoms with van der Waals surface area (Å²) in [4.78, 5) is 1.20. The van der Waals surface area contributed by atoms with Crippen molar-refractivity contribution >= 4 is 33.0 Å². The maximum atomic E-state index is 6.46. The molecule has 0 aliphatic carbocycles. The van der Waals surface area contributed by atoms with Gasteiger partial charge in [0, 0.05) is 17.5 Å². The van der Waals surface area contributed by atoms with Crippen molar-refractivity contribution in [1.82, 2.24) is 5.01 Å². The van der Waals surface area contributed by atoms with Gasteiger partial charge in [-0.2, -0.15) is 5.10 Å². The van der Waals surface area contributed by atoms with E-state index in [9.17, 15) is 0 Å². The van der Waals surface area contributed by atoms with Crippen molar-refractivity contribution in [2.45, 2.75) is 25.6 Å². The Morgan fingerprint density at radius 2 is 2.10 bits per heavy atom. The highest BCUT2D eigenvalue weighted by atomic mass is 79.9. The quantitative estimate of drug-likeness (QED) is 0.434. The molecular formula is C23H21BrN2O3S. The van der Waals surface area contributed by atoms with Crippen LogP contribution in [0.1, 0.15) is 41.6 Å². The van der Waals surface area contributed by atoms with Crippen molar-refractivity contribution in [2.24, 2.45) is 5.10 Å². The molecule has 0 amide bonds. The first kappa shape index (κ1) is 19.5. The number of benzene rings is 2. The van der Waals surface area contributed by atoms with Crippen molar-refractivity contribution in [2.75, 3.05) is 13.7 Å². The molecule has 30 heavy (non-hydrogen) atoms. The normalized spacial score (nSPS) is 19.6. The second-order valence-electron chi connectivity index (χ2n) is 7.10. The van der Waals surface area contributed by atoms with Crippen molar-refractivity contribution in [1.29, 1.82) is 0 Å². The predicted octanol–water partition coefficient (Wildman–Crippen LogP) is 6.16. The zero-order valence-electron chi connectivity index (χ0n) is 16.7. The minimum absolute atomic E-state index is 0.133. The van der Waals surface area contributed by atoms with Crippen LogP contribution in [0.2, 0.25) is 0 Å². The molecule has 7 heteroatoms. The lowest BCUT2D eigenvalue weighted by molar-refractivity contribution is -0.0192. The van der Waals surface area contributed by atoms with Crippen LogP contribution in [0.15, 0.2) is 63.5 Å². The van der Waals surface area contributed by atoms with Crippen LogP contribution in [0.4, 0.5) is 0 Å². The summed E-state index contributed by atoms with van der Waals surface area (Å²) >= 11 is 5.36. The van der Waals surface area contributed by atoms with E-state index in [0.717, 1.165) is 27.9 Å². The molecule has 0 N–H and O–H groups in total. The fourth-order valence-electron chi connectivity index (χ4n) is 4.01. The zero-order chi connectivity index (χ0) is 20.7. The Kier molecular flexibility index (Phi) is 5.16. The average molecular weight is 485 g/mol. The number of halogens is 1. The largest absolute Gasteiger partial charge is 0.493 e. The summed E-state index contributed by atoms with van der Waals surface area (Å²) in [5.41, 5.74) is 3.22. The Bertz CT molecular complexity index is 1100. The predicted molar refractivity (Wildman–Crippen MR) is 122 cm³/mol. The van der Waals surface area contributed by atoms with Crippen LogP contribution in [-0.4, -0.2) is 24.4 Å². The van der Waals surface area contributed by atoms with E-state index in [1.165, 1.54) is 10.4 Å². The molecule has 3 aromatic rings. The van der Waals surface area contributed by atoms with Crippen LogP contribution in [0, 0.1) is 0 Å². The topological polar surface area (TPSA) is 43.3 Å². The van der Waals surface area contributed by atoms with E-state index in [-0.39, 0.29) is 12.3 Å². The second kappa shape index (κ2) is 7.96. The van der Waals surface area contributed by atoms with E-state index >= 15 is 0 Å². The fourth-order valence-corrected chi connectivity index (χ4v) is 5.31. The molecule has 0 spiro atoms. The van der Waals surface area contributed by atoms with Crippen molar-refractivity contribution < 1.29 is 14.2 Å². The summed E-state index contributed by atoms with van der Waals surface area (Å²) in [6.45, 7) is 2.51. The molecule has 0 radical (unpaired) electrons. The monoisotopic (exact) mass is 484 g/mol. The van der Waals surface area contributed by atoms with E-state index in [2.05, 4.69) is 50.6 Å². The molecular weight excluding hydrogens is 464 g/mol. The first-order valence-electron chi connectivity index (χ1n) is 9.85. The van der Waals surface area contributed by atoms with Gasteiger partial charge in [0.1, 0.15) is 5.75 Å². The summed E-state index contributed by atoms with van der Waals surface area (Å²) in [5.74, 6) is 2.26. The number of para-hydroxylation sites is 1. The molecule has 0 saturated heterocycles. The molecule has 2 aliphatic rings. The van der Waals surface area contributed by atoms with E-state index in [0.29, 0.717) is 18.1 Å². The van der Waals surface area contributed by atoms with Gasteiger partial charge in [0.2, 0.25) is 6.23 Å². The van der Waals surface area contributed by atoms with Gasteiger partial charge in [0.05, 0.1) is 34.8 Å². The standard InChI is InChI=1S/C23H21BrN2O3S/c1-3-28-22-16(24)11-14(12-20(22)27-2)23-26-18(15-7-4-5-8-19(15)29-23)13-17(25-26)21-9-6-10-30-21/h4-12,18,23H,3,13H2,1-2H3. The Balaban J connectivity index is 1.60. The Morgan fingerprint density at radius 3 is 2.87 bits per heavy atom. The molecule has 2 aromatic carbocycles. The van der Waals surface area contributed by atoms with E-state index in [1.54, 1.807) is 18.4 Å². The Hall–Kier alpha value is -2.51. The molecule has 5 rings (SSSR count). The third kappa shape index (κ3) is 3.26. The van der Waals surface area contributed by atoms with E-state index in [1.807, 2.05) is 31.2 Å². The maximum absolute atomic E-state index is 6.46. The average Bonchev–Trinajstić information content (AvgIpc) is 3.44. The van der Waals surface area contributed by atoms with Crippen molar-refractivity contribution in [3.63, 3.8) is 0 Å². The van der Waals surface area contributed by atoms with Crippen LogP contribution >= 0.6 is 27.3 Å². The second-order valence-corrected chi connectivity index (χ2v) is 8.90. The van der Waals surface area contributed by atoms with Gasteiger partial charge in [-0.25, -0.2) is 5.01 Å². The number of ether oxygens (including phenoxy) is 3. The molecule has 5 nitrogen and oxygen atoms in total. The Morgan fingerprint density at radius 1 is 1.23 bits per heavy atom. The zero-order valence-corrected chi connectivity index (χ0v) is 19.1. The molecule has 0 bridgehead atoms. The molecule has 0 saturated carbocycles. The van der Waals surface area contributed by atoms with Gasteiger partial charge in [-0.05, 0) is 52.5 Å². The van der Waals surface area contributed by atoms with E-state index in [4.69, 9.17) is 19.3 Å². The van der Waals surface area contributed by atoms with Gasteiger partial charge in [0.25, 0.3) is 0 Å². The number of hydrogen-bond acceptors (Lipinski definition) is 6. The Labute approximate surface area is 188 Å². The van der Waals surface area contributed by atoms with Gasteiger partial charge >= 0.3 is 0 Å². The van der Waals surface area contributed by atoms with Gasteiger partial charge in [-0.3, -0.25) is 0 Å². The summed E-state index contributed by atoms with van der Waals surface area (Å²) < 4.78 is 18.7. The molecule has 154 valence electrons. The summed E-state index contributed by atoms with van der Waals surface area (Å²) in [7, 11) is 1.65. The third-order valence-corrected chi connectivity index (χ3v) is 6.84. The number of methoxy groups -OCH3 is 1. The molecule has 1 aromatic heterocycles. The smallest absolute Gasteiger partial charge is 0.214 e. The molecule has 2 atom stereocenters.